The minimum atomic E-state index is -0.581. The van der Waals surface area contributed by atoms with Gasteiger partial charge in [0.1, 0.15) is 12.2 Å². The highest BCUT2D eigenvalue weighted by Crippen LogP contribution is 2.45. The SMILES string of the molecule is CCC(C)(C)C(=O)O[C@H]1C[C@@H](C)C=C2C=C[C@H](C)[C@H](CCCC3C[C@@H](O)CC(=O)O3)[C@H]21. The van der Waals surface area contributed by atoms with Gasteiger partial charge in [-0.1, -0.05) is 39.0 Å². The molecule has 3 rings (SSSR count). The van der Waals surface area contributed by atoms with Crippen molar-refractivity contribution < 1.29 is 24.2 Å². The summed E-state index contributed by atoms with van der Waals surface area (Å²) in [5.74, 6) is 0.987. The molecule has 1 unspecified atom stereocenters. The first kappa shape index (κ1) is 24.0. The van der Waals surface area contributed by atoms with Crippen LogP contribution in [0.4, 0.5) is 0 Å². The molecule has 31 heavy (non-hydrogen) atoms. The number of fused-ring (bicyclic) bond motifs is 1. The third-order valence-electron chi connectivity index (χ3n) is 7.59. The minimum absolute atomic E-state index is 0.0972. The fraction of sp³-hybridized carbons (Fsp3) is 0.769. The van der Waals surface area contributed by atoms with Gasteiger partial charge < -0.3 is 14.6 Å². The monoisotopic (exact) mass is 432 g/mol. The number of cyclic esters (lactones) is 1. The van der Waals surface area contributed by atoms with Gasteiger partial charge in [-0.25, -0.2) is 0 Å². The minimum Gasteiger partial charge on any atom is -0.462 e. The Morgan fingerprint density at radius 3 is 2.68 bits per heavy atom. The molecule has 0 aromatic rings. The van der Waals surface area contributed by atoms with Crippen LogP contribution in [0, 0.1) is 29.1 Å². The lowest BCUT2D eigenvalue weighted by atomic mass is 9.65. The van der Waals surface area contributed by atoms with Crippen LogP contribution in [0.2, 0.25) is 0 Å². The number of aliphatic hydroxyl groups is 1. The van der Waals surface area contributed by atoms with Crippen molar-refractivity contribution in [2.75, 3.05) is 0 Å². The summed E-state index contributed by atoms with van der Waals surface area (Å²) in [4.78, 5) is 24.5. The van der Waals surface area contributed by atoms with Crippen LogP contribution in [0.15, 0.2) is 23.8 Å². The largest absolute Gasteiger partial charge is 0.462 e. The molecule has 0 saturated carbocycles. The van der Waals surface area contributed by atoms with Gasteiger partial charge in [0.2, 0.25) is 0 Å². The van der Waals surface area contributed by atoms with Gasteiger partial charge >= 0.3 is 11.9 Å². The van der Waals surface area contributed by atoms with Crippen molar-refractivity contribution in [1.29, 1.82) is 0 Å². The quantitative estimate of drug-likeness (QED) is 0.575. The molecule has 7 atom stereocenters. The number of hydrogen-bond acceptors (Lipinski definition) is 5. The fourth-order valence-corrected chi connectivity index (χ4v) is 5.28. The lowest BCUT2D eigenvalue weighted by Crippen LogP contribution is -2.42. The normalized spacial score (nSPS) is 35.7. The zero-order valence-corrected chi connectivity index (χ0v) is 19.8. The van der Waals surface area contributed by atoms with E-state index in [1.807, 2.05) is 20.8 Å². The first-order chi connectivity index (χ1) is 14.6. The Kier molecular flexibility index (Phi) is 7.67. The topological polar surface area (TPSA) is 72.8 Å². The summed E-state index contributed by atoms with van der Waals surface area (Å²) in [5.41, 5.74) is 0.829. The Morgan fingerprint density at radius 1 is 1.26 bits per heavy atom. The zero-order chi connectivity index (χ0) is 22.8. The van der Waals surface area contributed by atoms with Gasteiger partial charge in [0.25, 0.3) is 0 Å². The van der Waals surface area contributed by atoms with Crippen molar-refractivity contribution >= 4 is 11.9 Å². The lowest BCUT2D eigenvalue weighted by Gasteiger charge is -2.43. The molecule has 0 bridgehead atoms. The summed E-state index contributed by atoms with van der Waals surface area (Å²) < 4.78 is 11.6. The van der Waals surface area contributed by atoms with Crippen LogP contribution in [-0.2, 0) is 19.1 Å². The molecule has 1 aliphatic heterocycles. The van der Waals surface area contributed by atoms with Crippen molar-refractivity contribution in [3.8, 4) is 0 Å². The summed E-state index contributed by atoms with van der Waals surface area (Å²) in [6.07, 6.45) is 10.9. The molecule has 0 radical (unpaired) electrons. The van der Waals surface area contributed by atoms with Crippen molar-refractivity contribution in [2.24, 2.45) is 29.1 Å². The number of hydrogen-bond donors (Lipinski definition) is 1. The summed E-state index contributed by atoms with van der Waals surface area (Å²) in [6, 6.07) is 0. The van der Waals surface area contributed by atoms with Gasteiger partial charge in [0, 0.05) is 12.3 Å². The number of allylic oxidation sites excluding steroid dienone is 3. The number of esters is 2. The van der Waals surface area contributed by atoms with Crippen molar-refractivity contribution in [3.05, 3.63) is 23.8 Å². The molecule has 5 nitrogen and oxygen atoms in total. The molecule has 0 spiro atoms. The van der Waals surface area contributed by atoms with Crippen LogP contribution in [0.3, 0.4) is 0 Å². The molecule has 1 saturated heterocycles. The molecule has 0 amide bonds. The summed E-state index contributed by atoms with van der Waals surface area (Å²) in [6.45, 7) is 10.4. The lowest BCUT2D eigenvalue weighted by molar-refractivity contribution is -0.164. The molecule has 3 aliphatic rings. The van der Waals surface area contributed by atoms with Crippen LogP contribution in [0.5, 0.6) is 0 Å². The van der Waals surface area contributed by atoms with Gasteiger partial charge in [0.15, 0.2) is 0 Å². The average Bonchev–Trinajstić information content (AvgIpc) is 2.68. The van der Waals surface area contributed by atoms with E-state index in [0.717, 1.165) is 32.1 Å². The molecular weight excluding hydrogens is 392 g/mol. The smallest absolute Gasteiger partial charge is 0.311 e. The van der Waals surface area contributed by atoms with Crippen molar-refractivity contribution in [1.82, 2.24) is 0 Å². The maximum Gasteiger partial charge on any atom is 0.311 e. The van der Waals surface area contributed by atoms with Gasteiger partial charge in [0.05, 0.1) is 17.9 Å². The average molecular weight is 433 g/mol. The Bertz CT molecular complexity index is 721. The van der Waals surface area contributed by atoms with Gasteiger partial charge in [-0.05, 0) is 69.3 Å². The van der Waals surface area contributed by atoms with Crippen LogP contribution in [0.25, 0.3) is 0 Å². The molecule has 1 fully saturated rings. The molecule has 2 aliphatic carbocycles. The van der Waals surface area contributed by atoms with E-state index >= 15 is 0 Å². The maximum atomic E-state index is 12.9. The van der Waals surface area contributed by atoms with Gasteiger partial charge in [-0.15, -0.1) is 0 Å². The molecule has 5 heteroatoms. The van der Waals surface area contributed by atoms with Crippen molar-refractivity contribution in [3.63, 3.8) is 0 Å². The maximum absolute atomic E-state index is 12.9. The van der Waals surface area contributed by atoms with E-state index in [2.05, 4.69) is 32.1 Å². The Labute approximate surface area is 187 Å². The van der Waals surface area contributed by atoms with Crippen LogP contribution in [-0.4, -0.2) is 35.4 Å². The Hall–Kier alpha value is -1.62. The third-order valence-corrected chi connectivity index (χ3v) is 7.59. The van der Waals surface area contributed by atoms with Crippen molar-refractivity contribution in [2.45, 2.75) is 97.9 Å². The second-order valence-electron chi connectivity index (χ2n) is 10.6. The molecular formula is C26H40O5. The summed E-state index contributed by atoms with van der Waals surface area (Å²) >= 11 is 0. The first-order valence-corrected chi connectivity index (χ1v) is 12.1. The van der Waals surface area contributed by atoms with Gasteiger partial charge in [-0.2, -0.15) is 0 Å². The van der Waals surface area contributed by atoms with E-state index in [1.165, 1.54) is 5.57 Å². The van der Waals surface area contributed by atoms with E-state index < -0.39 is 11.5 Å². The second kappa shape index (κ2) is 9.89. The predicted molar refractivity (Wildman–Crippen MR) is 120 cm³/mol. The number of rotatable bonds is 7. The van der Waals surface area contributed by atoms with Crippen LogP contribution < -0.4 is 0 Å². The zero-order valence-electron chi connectivity index (χ0n) is 19.8. The third kappa shape index (κ3) is 5.79. The van der Waals surface area contributed by atoms with E-state index in [0.29, 0.717) is 24.2 Å². The highest BCUT2D eigenvalue weighted by atomic mass is 16.6. The number of ether oxygens (including phenoxy) is 2. The standard InChI is InChI=1S/C26H40O5/c1-6-26(4,5)25(29)31-22-13-16(2)12-18-11-10-17(3)21(24(18)22)9-7-8-20-14-19(27)15-23(28)30-20/h10-12,16-17,19-22,24,27H,6-9,13-15H2,1-5H3/t16-,17-,19+,20?,21-,22-,24-/m0/s1. The molecule has 1 heterocycles. The van der Waals surface area contributed by atoms with E-state index in [1.54, 1.807) is 0 Å². The highest BCUT2D eigenvalue weighted by Gasteiger charge is 2.42. The summed E-state index contributed by atoms with van der Waals surface area (Å²) in [7, 11) is 0. The van der Waals surface area contributed by atoms with Gasteiger partial charge in [-0.3, -0.25) is 9.59 Å². The molecule has 1 N–H and O–H groups in total. The predicted octanol–water partition coefficient (Wildman–Crippen LogP) is 4.98. The molecule has 0 aromatic carbocycles. The number of carbonyl (C=O) groups is 2. The van der Waals surface area contributed by atoms with Crippen LogP contribution in [0.1, 0.15) is 79.6 Å². The summed E-state index contributed by atoms with van der Waals surface area (Å²) in [5, 5.41) is 9.86. The van der Waals surface area contributed by atoms with E-state index in [-0.39, 0.29) is 36.5 Å². The van der Waals surface area contributed by atoms with E-state index in [9.17, 15) is 14.7 Å². The highest BCUT2D eigenvalue weighted by molar-refractivity contribution is 5.76. The molecule has 174 valence electrons. The molecule has 0 aromatic heterocycles. The Morgan fingerprint density at radius 2 is 2.00 bits per heavy atom. The number of aliphatic hydroxyl groups excluding tert-OH is 1. The first-order valence-electron chi connectivity index (χ1n) is 12.1. The second-order valence-corrected chi connectivity index (χ2v) is 10.6. The van der Waals surface area contributed by atoms with Crippen LogP contribution >= 0.6 is 0 Å². The fourth-order valence-electron chi connectivity index (χ4n) is 5.28. The van der Waals surface area contributed by atoms with E-state index in [4.69, 9.17) is 9.47 Å². The Balaban J connectivity index is 1.69. The number of carbonyl (C=O) groups excluding carboxylic acids is 2.